The molecule has 32 heavy (non-hydrogen) atoms. The van der Waals surface area contributed by atoms with Gasteiger partial charge in [-0.3, -0.25) is 23.9 Å². The Morgan fingerprint density at radius 3 is 2.22 bits per heavy atom. The van der Waals surface area contributed by atoms with Crippen LogP contribution in [0.2, 0.25) is 0 Å². The zero-order chi connectivity index (χ0) is 22.2. The van der Waals surface area contributed by atoms with Crippen molar-refractivity contribution in [1.82, 2.24) is 19.4 Å². The maximum Gasteiger partial charge on any atom is 0.267 e. The quantitative estimate of drug-likeness (QED) is 0.456. The molecular formula is C24H18N4O4. The van der Waals surface area contributed by atoms with Gasteiger partial charge in [-0.2, -0.15) is 0 Å². The first-order valence-corrected chi connectivity index (χ1v) is 10.0. The van der Waals surface area contributed by atoms with Gasteiger partial charge in [0.15, 0.2) is 5.65 Å². The number of methoxy groups -OCH3 is 1. The lowest BCUT2D eigenvalue weighted by atomic mass is 10.1. The molecule has 0 fully saturated rings. The molecule has 8 nitrogen and oxygen atoms in total. The van der Waals surface area contributed by atoms with Gasteiger partial charge < -0.3 is 4.74 Å². The third kappa shape index (κ3) is 3.13. The summed E-state index contributed by atoms with van der Waals surface area (Å²) in [7, 11) is 1.57. The van der Waals surface area contributed by atoms with Gasteiger partial charge in [0.25, 0.3) is 17.4 Å². The molecule has 0 spiro atoms. The highest BCUT2D eigenvalue weighted by Gasteiger charge is 2.35. The Bertz CT molecular complexity index is 1390. The first kappa shape index (κ1) is 19.6. The molecule has 0 unspecified atom stereocenters. The number of nitrogens with zero attached hydrogens (tertiary/aromatic N) is 4. The molecule has 2 amide bonds. The summed E-state index contributed by atoms with van der Waals surface area (Å²) in [6.07, 6.45) is 1.76. The summed E-state index contributed by atoms with van der Waals surface area (Å²) in [6, 6.07) is 17.1. The fourth-order valence-corrected chi connectivity index (χ4v) is 3.88. The molecule has 0 atom stereocenters. The molecule has 1 aliphatic heterocycles. The van der Waals surface area contributed by atoms with Crippen LogP contribution in [0.5, 0.6) is 5.75 Å². The van der Waals surface area contributed by atoms with E-state index in [1.54, 1.807) is 74.0 Å². The number of pyridine rings is 1. The van der Waals surface area contributed by atoms with Crippen molar-refractivity contribution in [3.63, 3.8) is 0 Å². The van der Waals surface area contributed by atoms with E-state index in [0.29, 0.717) is 39.4 Å². The molecular weight excluding hydrogens is 408 g/mol. The van der Waals surface area contributed by atoms with Gasteiger partial charge in [0.05, 0.1) is 29.3 Å². The van der Waals surface area contributed by atoms with E-state index in [1.165, 1.54) is 9.47 Å². The first-order valence-electron chi connectivity index (χ1n) is 10.0. The van der Waals surface area contributed by atoms with Gasteiger partial charge in [0.1, 0.15) is 11.6 Å². The average Bonchev–Trinajstić information content (AvgIpc) is 3.08. The van der Waals surface area contributed by atoms with Gasteiger partial charge in [0, 0.05) is 19.2 Å². The molecule has 1 aliphatic rings. The predicted octanol–water partition coefficient (Wildman–Crippen LogP) is 2.63. The molecule has 0 radical (unpaired) electrons. The molecule has 2 aromatic heterocycles. The van der Waals surface area contributed by atoms with Crippen LogP contribution in [0, 0.1) is 0 Å². The summed E-state index contributed by atoms with van der Waals surface area (Å²) in [6.45, 7) is 0.0906. The van der Waals surface area contributed by atoms with Gasteiger partial charge in [-0.25, -0.2) is 9.97 Å². The second-order valence-electron chi connectivity index (χ2n) is 7.30. The standard InChI is InChI=1S/C24H18N4O4/c1-32-16-10-8-15(9-11-16)28-20(26-21-19(24(28)31)7-4-13-25-21)12-14-27-22(29)17-5-2-3-6-18(17)23(27)30/h2-11,13H,12,14H2,1H3. The van der Waals surface area contributed by atoms with E-state index in [1.807, 2.05) is 0 Å². The SMILES string of the molecule is COc1ccc(-n2c(CCN3C(=O)c4ccccc4C3=O)nc3ncccc3c2=O)cc1. The Hall–Kier alpha value is -4.33. The van der Waals surface area contributed by atoms with Crippen LogP contribution in [0.1, 0.15) is 26.5 Å². The molecule has 0 saturated carbocycles. The van der Waals surface area contributed by atoms with Crippen molar-refractivity contribution in [2.24, 2.45) is 0 Å². The van der Waals surface area contributed by atoms with E-state index in [-0.39, 0.29) is 30.3 Å². The Labute approximate surface area is 182 Å². The number of rotatable bonds is 5. The number of hydrogen-bond acceptors (Lipinski definition) is 6. The number of ether oxygens (including phenoxy) is 1. The van der Waals surface area contributed by atoms with Crippen LogP contribution >= 0.6 is 0 Å². The normalized spacial score (nSPS) is 13.0. The molecule has 8 heteroatoms. The summed E-state index contributed by atoms with van der Waals surface area (Å²) >= 11 is 0. The Balaban J connectivity index is 1.55. The van der Waals surface area contributed by atoms with E-state index >= 15 is 0 Å². The number of imide groups is 1. The van der Waals surface area contributed by atoms with Crippen molar-refractivity contribution < 1.29 is 14.3 Å². The van der Waals surface area contributed by atoms with E-state index in [9.17, 15) is 14.4 Å². The van der Waals surface area contributed by atoms with Crippen LogP contribution in [0.4, 0.5) is 0 Å². The van der Waals surface area contributed by atoms with Crippen LogP contribution < -0.4 is 10.3 Å². The topological polar surface area (TPSA) is 94.4 Å². The number of carbonyl (C=O) groups is 2. The minimum atomic E-state index is -0.345. The number of hydrogen-bond donors (Lipinski definition) is 0. The van der Waals surface area contributed by atoms with Gasteiger partial charge in [-0.15, -0.1) is 0 Å². The van der Waals surface area contributed by atoms with E-state index in [0.717, 1.165) is 0 Å². The van der Waals surface area contributed by atoms with Crippen LogP contribution in [-0.4, -0.2) is 44.9 Å². The van der Waals surface area contributed by atoms with Crippen LogP contribution in [0.25, 0.3) is 16.7 Å². The fraction of sp³-hybridized carbons (Fsp3) is 0.125. The highest BCUT2D eigenvalue weighted by molar-refractivity contribution is 6.21. The maximum atomic E-state index is 13.3. The molecule has 0 saturated heterocycles. The number of carbonyl (C=O) groups excluding carboxylic acids is 2. The highest BCUT2D eigenvalue weighted by Crippen LogP contribution is 2.23. The largest absolute Gasteiger partial charge is 0.497 e. The van der Waals surface area contributed by atoms with E-state index < -0.39 is 0 Å². The number of benzene rings is 2. The third-order valence-corrected chi connectivity index (χ3v) is 5.48. The minimum Gasteiger partial charge on any atom is -0.497 e. The number of fused-ring (bicyclic) bond motifs is 2. The second kappa shape index (κ2) is 7.73. The summed E-state index contributed by atoms with van der Waals surface area (Å²) in [4.78, 5) is 48.8. The Kier molecular flexibility index (Phi) is 4.74. The first-order chi connectivity index (χ1) is 15.6. The fourth-order valence-electron chi connectivity index (χ4n) is 3.88. The summed E-state index contributed by atoms with van der Waals surface area (Å²) in [5, 5.41) is 0.382. The molecule has 3 heterocycles. The van der Waals surface area contributed by atoms with Crippen LogP contribution in [0.15, 0.2) is 71.7 Å². The van der Waals surface area contributed by atoms with Gasteiger partial charge >= 0.3 is 0 Å². The van der Waals surface area contributed by atoms with E-state index in [2.05, 4.69) is 9.97 Å². The van der Waals surface area contributed by atoms with Crippen molar-refractivity contribution in [1.29, 1.82) is 0 Å². The average molecular weight is 426 g/mol. The molecule has 158 valence electrons. The van der Waals surface area contributed by atoms with Crippen molar-refractivity contribution in [2.75, 3.05) is 13.7 Å². The molecule has 5 rings (SSSR count). The lowest BCUT2D eigenvalue weighted by Gasteiger charge is -2.17. The monoisotopic (exact) mass is 426 g/mol. The number of amides is 2. The molecule has 0 aliphatic carbocycles. The van der Waals surface area contributed by atoms with Crippen molar-refractivity contribution in [2.45, 2.75) is 6.42 Å². The summed E-state index contributed by atoms with van der Waals surface area (Å²) in [5.41, 5.74) is 1.42. The van der Waals surface area contributed by atoms with E-state index in [4.69, 9.17) is 4.74 Å². The molecule has 4 aromatic rings. The zero-order valence-electron chi connectivity index (χ0n) is 17.2. The molecule has 0 N–H and O–H groups in total. The Morgan fingerprint density at radius 2 is 1.56 bits per heavy atom. The van der Waals surface area contributed by atoms with Crippen LogP contribution in [-0.2, 0) is 6.42 Å². The van der Waals surface area contributed by atoms with Gasteiger partial charge in [-0.05, 0) is 48.5 Å². The van der Waals surface area contributed by atoms with Crippen molar-refractivity contribution in [3.05, 3.63) is 94.2 Å². The molecule has 0 bridgehead atoms. The smallest absolute Gasteiger partial charge is 0.267 e. The van der Waals surface area contributed by atoms with Crippen molar-refractivity contribution in [3.8, 4) is 11.4 Å². The highest BCUT2D eigenvalue weighted by atomic mass is 16.5. The zero-order valence-corrected chi connectivity index (χ0v) is 17.2. The summed E-state index contributed by atoms with van der Waals surface area (Å²) in [5.74, 6) is 0.374. The van der Waals surface area contributed by atoms with Crippen molar-refractivity contribution >= 4 is 22.8 Å². The van der Waals surface area contributed by atoms with Gasteiger partial charge in [-0.1, -0.05) is 12.1 Å². The second-order valence-corrected chi connectivity index (χ2v) is 7.30. The van der Waals surface area contributed by atoms with Crippen LogP contribution in [0.3, 0.4) is 0 Å². The number of aromatic nitrogens is 3. The predicted molar refractivity (Wildman–Crippen MR) is 117 cm³/mol. The molecule has 2 aromatic carbocycles. The lowest BCUT2D eigenvalue weighted by molar-refractivity contribution is 0.0655. The summed E-state index contributed by atoms with van der Waals surface area (Å²) < 4.78 is 6.70. The lowest BCUT2D eigenvalue weighted by Crippen LogP contribution is -2.33. The third-order valence-electron chi connectivity index (χ3n) is 5.48. The Morgan fingerprint density at radius 1 is 0.875 bits per heavy atom. The minimum absolute atomic E-state index is 0.0906. The van der Waals surface area contributed by atoms with Gasteiger partial charge in [0.2, 0.25) is 0 Å². The maximum absolute atomic E-state index is 13.3.